The molecule has 0 N–H and O–H groups in total. The third-order valence-electron chi connectivity index (χ3n) is 1.23. The van der Waals surface area contributed by atoms with Crippen molar-refractivity contribution in [2.24, 2.45) is 0 Å². The summed E-state index contributed by atoms with van der Waals surface area (Å²) in [4.78, 5) is 0. The van der Waals surface area contributed by atoms with Gasteiger partial charge in [0.05, 0.1) is 0 Å². The second kappa shape index (κ2) is 3.04. The lowest BCUT2D eigenvalue weighted by atomic mass is 9.80. The lowest BCUT2D eigenvalue weighted by Crippen LogP contribution is -2.33. The van der Waals surface area contributed by atoms with E-state index >= 15 is 0 Å². The molecule has 0 amide bonds. The summed E-state index contributed by atoms with van der Waals surface area (Å²) >= 11 is 1.86. The van der Waals surface area contributed by atoms with Gasteiger partial charge in [-0.1, -0.05) is 18.2 Å². The standard InChI is InChI=1S/C6H4BF3I/c8-7(9,10)5-2-1-3-6(11)4-5/h1-4H/q-1. The third-order valence-corrected chi connectivity index (χ3v) is 1.90. The molecular weight excluding hydrogens is 267 g/mol. The molecule has 0 atom stereocenters. The molecule has 60 valence electrons. The molecule has 0 unspecified atom stereocenters. The van der Waals surface area contributed by atoms with Crippen LogP contribution in [0.15, 0.2) is 24.3 Å². The molecule has 0 nitrogen and oxygen atoms in total. The van der Waals surface area contributed by atoms with Crippen LogP contribution in [0.5, 0.6) is 0 Å². The summed E-state index contributed by atoms with van der Waals surface area (Å²) in [6.45, 7) is -4.83. The molecule has 0 aliphatic heterocycles. The van der Waals surface area contributed by atoms with E-state index in [1.807, 2.05) is 22.6 Å². The number of benzene rings is 1. The van der Waals surface area contributed by atoms with Crippen molar-refractivity contribution in [3.05, 3.63) is 27.8 Å². The van der Waals surface area contributed by atoms with Gasteiger partial charge in [-0.3, -0.25) is 0 Å². The Balaban J connectivity index is 3.06. The van der Waals surface area contributed by atoms with Crippen molar-refractivity contribution in [2.45, 2.75) is 0 Å². The predicted octanol–water partition coefficient (Wildman–Crippen LogP) is 2.35. The number of rotatable bonds is 1. The SMILES string of the molecule is F[B-](F)(F)c1cccc(I)c1. The first-order valence-corrected chi connectivity index (χ1v) is 4.03. The van der Waals surface area contributed by atoms with Gasteiger partial charge in [-0.15, -0.1) is 5.46 Å². The van der Waals surface area contributed by atoms with Crippen molar-refractivity contribution in [1.82, 2.24) is 0 Å². The summed E-state index contributed by atoms with van der Waals surface area (Å²) in [7, 11) is 0. The summed E-state index contributed by atoms with van der Waals surface area (Å²) in [6, 6.07) is 5.26. The fourth-order valence-electron chi connectivity index (χ4n) is 0.710. The molecule has 0 aliphatic carbocycles. The highest BCUT2D eigenvalue weighted by Gasteiger charge is 2.24. The molecule has 1 aromatic carbocycles. The van der Waals surface area contributed by atoms with Crippen LogP contribution in [-0.2, 0) is 0 Å². The van der Waals surface area contributed by atoms with Crippen LogP contribution in [0.1, 0.15) is 0 Å². The molecule has 0 saturated heterocycles. The van der Waals surface area contributed by atoms with E-state index in [9.17, 15) is 12.9 Å². The molecule has 1 aromatic rings. The Kier molecular flexibility index (Phi) is 2.46. The Morgan fingerprint density at radius 1 is 1.18 bits per heavy atom. The first kappa shape index (κ1) is 8.90. The molecule has 5 heteroatoms. The van der Waals surface area contributed by atoms with E-state index in [0.717, 1.165) is 12.1 Å². The zero-order chi connectivity index (χ0) is 8.48. The van der Waals surface area contributed by atoms with Crippen LogP contribution in [0.2, 0.25) is 0 Å². The highest BCUT2D eigenvalue weighted by Crippen LogP contribution is 2.10. The zero-order valence-corrected chi connectivity index (χ0v) is 7.56. The number of hydrogen-bond acceptors (Lipinski definition) is 0. The second-order valence-corrected chi connectivity index (χ2v) is 3.38. The maximum absolute atomic E-state index is 12.0. The summed E-state index contributed by atoms with van der Waals surface area (Å²) in [5, 5.41) is 0. The van der Waals surface area contributed by atoms with Crippen LogP contribution < -0.4 is 5.46 Å². The minimum Gasteiger partial charge on any atom is -0.445 e. The van der Waals surface area contributed by atoms with E-state index in [1.54, 1.807) is 6.07 Å². The van der Waals surface area contributed by atoms with Crippen LogP contribution in [0, 0.1) is 3.57 Å². The Morgan fingerprint density at radius 2 is 1.82 bits per heavy atom. The van der Waals surface area contributed by atoms with Crippen molar-refractivity contribution < 1.29 is 12.9 Å². The Morgan fingerprint density at radius 3 is 2.18 bits per heavy atom. The molecular formula is C6H4BF3I-. The van der Waals surface area contributed by atoms with Gasteiger partial charge in [0.1, 0.15) is 0 Å². The molecule has 11 heavy (non-hydrogen) atoms. The molecule has 0 heterocycles. The Hall–Kier alpha value is -0.195. The minimum absolute atomic E-state index is 0.531. The van der Waals surface area contributed by atoms with Gasteiger partial charge >= 0.3 is 6.98 Å². The fourth-order valence-corrected chi connectivity index (χ4v) is 1.28. The Bertz CT molecular complexity index is 258. The van der Waals surface area contributed by atoms with Gasteiger partial charge in [0, 0.05) is 3.57 Å². The van der Waals surface area contributed by atoms with E-state index in [4.69, 9.17) is 0 Å². The van der Waals surface area contributed by atoms with Crippen LogP contribution in [0.3, 0.4) is 0 Å². The summed E-state index contributed by atoms with van der Waals surface area (Å²) in [5.74, 6) is 0. The van der Waals surface area contributed by atoms with Gasteiger partial charge in [-0.05, 0) is 28.7 Å². The lowest BCUT2D eigenvalue weighted by Gasteiger charge is -2.14. The van der Waals surface area contributed by atoms with E-state index in [0.29, 0.717) is 3.57 Å². The fraction of sp³-hybridized carbons (Fsp3) is 0. The Labute approximate surface area is 76.0 Å². The van der Waals surface area contributed by atoms with E-state index in [2.05, 4.69) is 0 Å². The van der Waals surface area contributed by atoms with E-state index in [-0.39, 0.29) is 0 Å². The van der Waals surface area contributed by atoms with Crippen molar-refractivity contribution in [2.75, 3.05) is 0 Å². The van der Waals surface area contributed by atoms with Crippen molar-refractivity contribution >= 4 is 35.0 Å². The molecule has 0 aliphatic rings. The smallest absolute Gasteiger partial charge is 0.445 e. The van der Waals surface area contributed by atoms with Crippen molar-refractivity contribution in [1.29, 1.82) is 0 Å². The van der Waals surface area contributed by atoms with Gasteiger partial charge in [0.25, 0.3) is 0 Å². The average molecular weight is 271 g/mol. The van der Waals surface area contributed by atoms with Crippen molar-refractivity contribution in [3.63, 3.8) is 0 Å². The highest BCUT2D eigenvalue weighted by atomic mass is 127. The van der Waals surface area contributed by atoms with Gasteiger partial charge in [0.15, 0.2) is 0 Å². The van der Waals surface area contributed by atoms with Gasteiger partial charge < -0.3 is 12.9 Å². The van der Waals surface area contributed by atoms with E-state index in [1.165, 1.54) is 6.07 Å². The van der Waals surface area contributed by atoms with Crippen LogP contribution >= 0.6 is 22.6 Å². The quantitative estimate of drug-likeness (QED) is 0.543. The van der Waals surface area contributed by atoms with Crippen LogP contribution in [0.25, 0.3) is 0 Å². The average Bonchev–Trinajstić information content (AvgIpc) is 1.86. The second-order valence-electron chi connectivity index (χ2n) is 2.13. The molecule has 0 saturated carbocycles. The highest BCUT2D eigenvalue weighted by molar-refractivity contribution is 14.1. The topological polar surface area (TPSA) is 0 Å². The monoisotopic (exact) mass is 271 g/mol. The molecule has 0 spiro atoms. The molecule has 0 radical (unpaired) electrons. The predicted molar refractivity (Wildman–Crippen MR) is 47.9 cm³/mol. The largest absolute Gasteiger partial charge is 0.509 e. The maximum atomic E-state index is 12.0. The summed E-state index contributed by atoms with van der Waals surface area (Å²) in [6.07, 6.45) is 0. The third kappa shape index (κ3) is 2.39. The molecule has 1 rings (SSSR count). The maximum Gasteiger partial charge on any atom is 0.509 e. The van der Waals surface area contributed by atoms with Gasteiger partial charge in [0.2, 0.25) is 0 Å². The summed E-state index contributed by atoms with van der Waals surface area (Å²) < 4.78 is 36.7. The van der Waals surface area contributed by atoms with Gasteiger partial charge in [-0.2, -0.15) is 0 Å². The number of hydrogen-bond donors (Lipinski definition) is 0. The minimum atomic E-state index is -4.83. The first-order chi connectivity index (χ1) is 5.00. The van der Waals surface area contributed by atoms with Crippen LogP contribution in [0.4, 0.5) is 12.9 Å². The van der Waals surface area contributed by atoms with Crippen LogP contribution in [-0.4, -0.2) is 6.98 Å². The lowest BCUT2D eigenvalue weighted by molar-refractivity contribution is 0.501. The normalized spacial score (nSPS) is 11.6. The van der Waals surface area contributed by atoms with Gasteiger partial charge in [-0.25, -0.2) is 0 Å². The zero-order valence-electron chi connectivity index (χ0n) is 5.40. The first-order valence-electron chi connectivity index (χ1n) is 2.95. The molecule has 0 bridgehead atoms. The number of halogens is 4. The summed E-state index contributed by atoms with van der Waals surface area (Å²) in [5.41, 5.74) is -0.531. The molecule has 0 aromatic heterocycles. The molecule has 0 fully saturated rings. The van der Waals surface area contributed by atoms with Crippen molar-refractivity contribution in [3.8, 4) is 0 Å². The van der Waals surface area contributed by atoms with E-state index < -0.39 is 12.4 Å².